The lowest BCUT2D eigenvalue weighted by Gasteiger charge is -2.09. The summed E-state index contributed by atoms with van der Waals surface area (Å²) in [7, 11) is 0. The lowest BCUT2D eigenvalue weighted by atomic mass is 10.1. The molecule has 2 nitrogen and oxygen atoms in total. The van der Waals surface area contributed by atoms with Gasteiger partial charge in [0.05, 0.1) is 6.93 Å². The van der Waals surface area contributed by atoms with Gasteiger partial charge in [0.15, 0.2) is 11.4 Å². The van der Waals surface area contributed by atoms with Crippen molar-refractivity contribution in [2.24, 2.45) is 0 Å². The Bertz CT molecular complexity index is 949. The van der Waals surface area contributed by atoms with E-state index in [0.717, 1.165) is 22.8 Å². The summed E-state index contributed by atoms with van der Waals surface area (Å²) in [6.45, 7) is 6.21. The van der Waals surface area contributed by atoms with Crippen LogP contribution >= 0.6 is 0 Å². The largest absolute Gasteiger partial charge is 0.295 e. The number of hydrogen-bond donors (Lipinski definition) is 0. The molecule has 3 aromatic rings. The van der Waals surface area contributed by atoms with Crippen LogP contribution in [0.25, 0.3) is 23.2 Å². The number of para-hydroxylation sites is 1. The number of imidazole rings is 1. The maximum atomic E-state index is 8.75. The summed E-state index contributed by atoms with van der Waals surface area (Å²) >= 11 is 0. The number of nitrogens with zero attached hydrogens (tertiary/aromatic N) is 2. The normalized spacial score (nSPS) is 19.7. The van der Waals surface area contributed by atoms with Crippen molar-refractivity contribution in [3.63, 3.8) is 0 Å². The minimum absolute atomic E-state index is 0.779. The number of fused-ring (bicyclic) bond motifs is 1. The van der Waals surface area contributed by atoms with Crippen LogP contribution in [0.3, 0.4) is 0 Å². The molecule has 0 saturated heterocycles. The van der Waals surface area contributed by atoms with E-state index in [0.29, 0.717) is 0 Å². The average Bonchev–Trinajstić information content (AvgIpc) is 3.05. The van der Waals surface area contributed by atoms with Gasteiger partial charge >= 0.3 is 0 Å². The number of aromatic nitrogens is 2. The number of rotatable bonds is 2. The summed E-state index contributed by atoms with van der Waals surface area (Å²) in [6.07, 6.45) is 4.04. The first-order chi connectivity index (χ1) is 11.5. The fraction of sp³-hybridized carbons (Fsp3) is 0.190. The van der Waals surface area contributed by atoms with Gasteiger partial charge in [0.25, 0.3) is 5.82 Å². The molecule has 2 aromatic carbocycles. The predicted octanol–water partition coefficient (Wildman–Crippen LogP) is 4.64. The third-order valence-corrected chi connectivity index (χ3v) is 4.59. The van der Waals surface area contributed by atoms with Crippen molar-refractivity contribution in [2.75, 3.05) is 0 Å². The van der Waals surface area contributed by atoms with E-state index in [1.807, 2.05) is 19.1 Å². The zero-order valence-corrected chi connectivity index (χ0v) is 13.7. The standard InChI is InChI=1S/C21H21N2/c1-15-9-7-8-12-19(15)23-17(3)20-14-13-16(2)22(20)21(23)18-10-5-4-6-11-18/h4-14,16H,1-3H3/q+1/i16D. The number of allylic oxidation sites excluding steroid dienone is 1. The zero-order valence-electron chi connectivity index (χ0n) is 14.7. The fourth-order valence-electron chi connectivity index (χ4n) is 3.43. The first-order valence-corrected chi connectivity index (χ1v) is 7.99. The van der Waals surface area contributed by atoms with Crippen LogP contribution in [0.15, 0.2) is 60.7 Å². The topological polar surface area (TPSA) is 8.81 Å². The highest BCUT2D eigenvalue weighted by Crippen LogP contribution is 2.31. The molecule has 1 atom stereocenters. The molecule has 1 aromatic heterocycles. The second-order valence-corrected chi connectivity index (χ2v) is 6.09. The van der Waals surface area contributed by atoms with Gasteiger partial charge in [0.2, 0.25) is 0 Å². The van der Waals surface area contributed by atoms with Crippen molar-refractivity contribution in [2.45, 2.75) is 26.8 Å². The summed E-state index contributed by atoms with van der Waals surface area (Å²) in [6, 6.07) is 18.0. The summed E-state index contributed by atoms with van der Waals surface area (Å²) in [5.41, 5.74) is 5.78. The quantitative estimate of drug-likeness (QED) is 0.610. The molecule has 0 fully saturated rings. The van der Waals surface area contributed by atoms with Crippen molar-refractivity contribution < 1.29 is 5.94 Å². The van der Waals surface area contributed by atoms with Crippen LogP contribution in [0.4, 0.5) is 0 Å². The summed E-state index contributed by atoms with van der Waals surface area (Å²) in [5, 5.41) is 0. The van der Waals surface area contributed by atoms with Crippen molar-refractivity contribution in [3.05, 3.63) is 77.6 Å². The molecule has 1 aliphatic rings. The summed E-state index contributed by atoms with van der Waals surface area (Å²) < 4.78 is 13.2. The molecule has 0 N–H and O–H groups in total. The number of aryl methyl sites for hydroxylation is 1. The molecule has 1 unspecified atom stereocenters. The maximum Gasteiger partial charge on any atom is 0.295 e. The number of hydrogen-bond acceptors (Lipinski definition) is 0. The Hall–Kier alpha value is -2.61. The van der Waals surface area contributed by atoms with Gasteiger partial charge in [-0.1, -0.05) is 36.4 Å². The van der Waals surface area contributed by atoms with E-state index < -0.39 is 6.02 Å². The Morgan fingerprint density at radius 3 is 2.43 bits per heavy atom. The van der Waals surface area contributed by atoms with Gasteiger partial charge in [0.1, 0.15) is 11.7 Å². The molecule has 23 heavy (non-hydrogen) atoms. The van der Waals surface area contributed by atoms with Gasteiger partial charge in [-0.2, -0.15) is 4.57 Å². The molecule has 0 spiro atoms. The first kappa shape index (κ1) is 12.9. The van der Waals surface area contributed by atoms with E-state index in [4.69, 9.17) is 1.37 Å². The molecular formula is C21H21N2+. The first-order valence-electron chi connectivity index (χ1n) is 8.49. The molecule has 1 aliphatic heterocycles. The monoisotopic (exact) mass is 302 g/mol. The van der Waals surface area contributed by atoms with Crippen LogP contribution < -0.4 is 4.57 Å². The Labute approximate surface area is 138 Å². The van der Waals surface area contributed by atoms with Gasteiger partial charge in [-0.3, -0.25) is 0 Å². The van der Waals surface area contributed by atoms with Crippen molar-refractivity contribution in [1.82, 2.24) is 4.57 Å². The van der Waals surface area contributed by atoms with Crippen molar-refractivity contribution in [3.8, 4) is 17.1 Å². The Morgan fingerprint density at radius 2 is 1.70 bits per heavy atom. The van der Waals surface area contributed by atoms with E-state index in [9.17, 15) is 0 Å². The van der Waals surface area contributed by atoms with E-state index in [-0.39, 0.29) is 0 Å². The Morgan fingerprint density at radius 1 is 1.00 bits per heavy atom. The number of benzene rings is 2. The van der Waals surface area contributed by atoms with Crippen LogP contribution in [0.5, 0.6) is 0 Å². The molecule has 0 radical (unpaired) electrons. The molecule has 0 bridgehead atoms. The lowest BCUT2D eigenvalue weighted by Crippen LogP contribution is -2.38. The highest BCUT2D eigenvalue weighted by Gasteiger charge is 2.34. The minimum atomic E-state index is -0.779. The van der Waals surface area contributed by atoms with Crippen LogP contribution in [0.1, 0.15) is 31.3 Å². The van der Waals surface area contributed by atoms with Gasteiger partial charge < -0.3 is 0 Å². The Kier molecular flexibility index (Phi) is 2.93. The van der Waals surface area contributed by atoms with Crippen molar-refractivity contribution >= 4 is 6.08 Å². The molecule has 4 rings (SSSR count). The smallest absolute Gasteiger partial charge is 0.217 e. The van der Waals surface area contributed by atoms with Gasteiger partial charge in [-0.05, 0) is 49.8 Å². The van der Waals surface area contributed by atoms with Crippen LogP contribution in [-0.2, 0) is 0 Å². The minimum Gasteiger partial charge on any atom is -0.217 e. The molecule has 0 aliphatic carbocycles. The zero-order chi connectivity index (χ0) is 16.9. The third kappa shape index (κ3) is 2.06. The molecule has 114 valence electrons. The predicted molar refractivity (Wildman–Crippen MR) is 94.6 cm³/mol. The highest BCUT2D eigenvalue weighted by molar-refractivity contribution is 5.62. The van der Waals surface area contributed by atoms with Gasteiger partial charge in [-0.15, -0.1) is 0 Å². The molecule has 2 heterocycles. The molecule has 0 amide bonds. The molecule has 0 saturated carbocycles. The fourth-order valence-corrected chi connectivity index (χ4v) is 3.43. The average molecular weight is 302 g/mol. The second-order valence-electron chi connectivity index (χ2n) is 6.09. The lowest BCUT2D eigenvalue weighted by molar-refractivity contribution is -0.694. The molecular weight excluding hydrogens is 280 g/mol. The van der Waals surface area contributed by atoms with E-state index in [2.05, 4.69) is 77.6 Å². The SMILES string of the molecule is [2H]C1(C)C=Cc2c(C)n(-c3ccccc3C)c(-c3ccccc3)[n+]21. The third-order valence-electron chi connectivity index (χ3n) is 4.59. The summed E-state index contributed by atoms with van der Waals surface area (Å²) in [5.74, 6) is 1.06. The van der Waals surface area contributed by atoms with Gasteiger partial charge in [0, 0.05) is 6.92 Å². The maximum absolute atomic E-state index is 8.75. The van der Waals surface area contributed by atoms with E-state index in [1.165, 1.54) is 11.3 Å². The van der Waals surface area contributed by atoms with Crippen LogP contribution in [0, 0.1) is 13.8 Å². The summed E-state index contributed by atoms with van der Waals surface area (Å²) in [4.78, 5) is 0. The van der Waals surface area contributed by atoms with Crippen molar-refractivity contribution in [1.29, 1.82) is 0 Å². The second kappa shape index (κ2) is 5.24. The van der Waals surface area contributed by atoms with Crippen LogP contribution in [-0.4, -0.2) is 4.57 Å². The van der Waals surface area contributed by atoms with Gasteiger partial charge in [-0.25, -0.2) is 4.57 Å². The molecule has 2 heteroatoms. The van der Waals surface area contributed by atoms with E-state index in [1.54, 1.807) is 0 Å². The highest BCUT2D eigenvalue weighted by atomic mass is 15.2. The Balaban J connectivity index is 2.12. The van der Waals surface area contributed by atoms with Crippen LogP contribution in [0.2, 0.25) is 0 Å². The van der Waals surface area contributed by atoms with E-state index >= 15 is 0 Å².